The molecule has 2 rings (SSSR count). The zero-order valence-corrected chi connectivity index (χ0v) is 12.5. The molecule has 0 bridgehead atoms. The van der Waals surface area contributed by atoms with Crippen molar-refractivity contribution < 1.29 is 4.39 Å². The van der Waals surface area contributed by atoms with Crippen molar-refractivity contribution in [2.45, 2.75) is 45.6 Å². The molecule has 1 aromatic rings. The van der Waals surface area contributed by atoms with Crippen LogP contribution in [0.15, 0.2) is 18.2 Å². The van der Waals surface area contributed by atoms with E-state index >= 15 is 0 Å². The molecule has 1 saturated carbocycles. The number of anilines is 1. The van der Waals surface area contributed by atoms with E-state index in [-0.39, 0.29) is 11.7 Å². The van der Waals surface area contributed by atoms with Crippen LogP contribution in [-0.2, 0) is 0 Å². The number of nitrogens with one attached hydrogen (secondary N) is 1. The predicted octanol–water partition coefficient (Wildman–Crippen LogP) is 3.51. The molecule has 0 amide bonds. The molecule has 0 radical (unpaired) electrons. The standard InChI is InChI=1S/C16H24FN3/c1-16(2)8-6-12(7-9-16)20(3)14-5-4-11(17)10-13(14)15(18)19/h4-5,10,12H,6-9H2,1-3H3,(H3,18,19). The van der Waals surface area contributed by atoms with Gasteiger partial charge in [0, 0.05) is 24.3 Å². The molecule has 0 atom stereocenters. The van der Waals surface area contributed by atoms with Gasteiger partial charge in [-0.3, -0.25) is 5.41 Å². The molecule has 3 N–H and O–H groups in total. The van der Waals surface area contributed by atoms with E-state index in [2.05, 4.69) is 18.7 Å². The lowest BCUT2D eigenvalue weighted by Crippen LogP contribution is -2.38. The third-order valence-corrected chi connectivity index (χ3v) is 4.49. The van der Waals surface area contributed by atoms with E-state index in [0.29, 0.717) is 17.0 Å². The van der Waals surface area contributed by atoms with Crippen LogP contribution in [0.25, 0.3) is 0 Å². The number of benzene rings is 1. The molecule has 0 spiro atoms. The number of hydrogen-bond donors (Lipinski definition) is 2. The molecule has 1 aliphatic rings. The van der Waals surface area contributed by atoms with E-state index in [0.717, 1.165) is 18.5 Å². The zero-order valence-electron chi connectivity index (χ0n) is 12.5. The van der Waals surface area contributed by atoms with E-state index in [9.17, 15) is 4.39 Å². The number of amidine groups is 1. The number of nitrogens with two attached hydrogens (primary N) is 1. The van der Waals surface area contributed by atoms with Crippen LogP contribution in [0.4, 0.5) is 10.1 Å². The minimum absolute atomic E-state index is 0.0810. The summed E-state index contributed by atoms with van der Waals surface area (Å²) in [6.45, 7) is 4.62. The summed E-state index contributed by atoms with van der Waals surface area (Å²) in [5.41, 5.74) is 7.34. The fourth-order valence-electron chi connectivity index (χ4n) is 3.00. The van der Waals surface area contributed by atoms with Gasteiger partial charge in [-0.15, -0.1) is 0 Å². The Kier molecular flexibility index (Phi) is 4.02. The Bertz CT molecular complexity index is 500. The first kappa shape index (κ1) is 14.8. The summed E-state index contributed by atoms with van der Waals surface area (Å²) in [5.74, 6) is -0.431. The summed E-state index contributed by atoms with van der Waals surface area (Å²) >= 11 is 0. The molecule has 110 valence electrons. The Hall–Kier alpha value is -1.58. The van der Waals surface area contributed by atoms with Crippen molar-refractivity contribution in [2.24, 2.45) is 11.1 Å². The van der Waals surface area contributed by atoms with Crippen LogP contribution in [0.2, 0.25) is 0 Å². The number of halogens is 1. The van der Waals surface area contributed by atoms with Gasteiger partial charge in [-0.2, -0.15) is 0 Å². The highest BCUT2D eigenvalue weighted by molar-refractivity contribution is 6.00. The van der Waals surface area contributed by atoms with Crippen molar-refractivity contribution in [3.8, 4) is 0 Å². The van der Waals surface area contributed by atoms with E-state index in [1.165, 1.54) is 25.0 Å². The maximum atomic E-state index is 13.3. The molecule has 1 fully saturated rings. The number of nitrogens with zero attached hydrogens (tertiary/aromatic N) is 1. The smallest absolute Gasteiger partial charge is 0.125 e. The molecule has 0 aromatic heterocycles. The van der Waals surface area contributed by atoms with Crippen molar-refractivity contribution in [3.63, 3.8) is 0 Å². The summed E-state index contributed by atoms with van der Waals surface area (Å²) in [4.78, 5) is 2.16. The molecule has 0 heterocycles. The normalized spacial score (nSPS) is 18.8. The Labute approximate surface area is 120 Å². The highest BCUT2D eigenvalue weighted by Crippen LogP contribution is 2.38. The van der Waals surface area contributed by atoms with E-state index in [1.807, 2.05) is 7.05 Å². The van der Waals surface area contributed by atoms with Crippen LogP contribution in [0.5, 0.6) is 0 Å². The third kappa shape index (κ3) is 3.11. The molecule has 1 aromatic carbocycles. The van der Waals surface area contributed by atoms with Gasteiger partial charge in [-0.25, -0.2) is 4.39 Å². The number of nitrogen functional groups attached to an aromatic ring is 1. The second kappa shape index (κ2) is 5.43. The summed E-state index contributed by atoms with van der Waals surface area (Å²) in [7, 11) is 2.02. The molecular formula is C16H24FN3. The predicted molar refractivity (Wildman–Crippen MR) is 81.9 cm³/mol. The highest BCUT2D eigenvalue weighted by Gasteiger charge is 2.29. The monoisotopic (exact) mass is 277 g/mol. The molecule has 20 heavy (non-hydrogen) atoms. The summed E-state index contributed by atoms with van der Waals surface area (Å²) in [6.07, 6.45) is 4.63. The Morgan fingerprint density at radius 3 is 2.50 bits per heavy atom. The first-order valence-corrected chi connectivity index (χ1v) is 7.17. The largest absolute Gasteiger partial charge is 0.384 e. The van der Waals surface area contributed by atoms with Crippen LogP contribution in [0.1, 0.15) is 45.1 Å². The maximum absolute atomic E-state index is 13.3. The van der Waals surface area contributed by atoms with Crippen molar-refractivity contribution in [3.05, 3.63) is 29.6 Å². The Morgan fingerprint density at radius 1 is 1.35 bits per heavy atom. The molecule has 1 aliphatic carbocycles. The molecule has 4 heteroatoms. The Balaban J connectivity index is 2.21. The highest BCUT2D eigenvalue weighted by atomic mass is 19.1. The van der Waals surface area contributed by atoms with Crippen LogP contribution in [0, 0.1) is 16.6 Å². The van der Waals surface area contributed by atoms with Gasteiger partial charge in [0.05, 0.1) is 0 Å². The van der Waals surface area contributed by atoms with Crippen molar-refractivity contribution in [2.75, 3.05) is 11.9 Å². The second-order valence-electron chi connectivity index (χ2n) is 6.58. The molecule has 3 nitrogen and oxygen atoms in total. The van der Waals surface area contributed by atoms with Crippen LogP contribution < -0.4 is 10.6 Å². The number of hydrogen-bond acceptors (Lipinski definition) is 2. The van der Waals surface area contributed by atoms with Gasteiger partial charge >= 0.3 is 0 Å². The van der Waals surface area contributed by atoms with Gasteiger partial charge in [0.15, 0.2) is 0 Å². The molecule has 0 aliphatic heterocycles. The topological polar surface area (TPSA) is 53.1 Å². The van der Waals surface area contributed by atoms with Gasteiger partial charge in [0.1, 0.15) is 11.7 Å². The average molecular weight is 277 g/mol. The maximum Gasteiger partial charge on any atom is 0.125 e. The van der Waals surface area contributed by atoms with Gasteiger partial charge in [-0.05, 0) is 49.3 Å². The van der Waals surface area contributed by atoms with E-state index < -0.39 is 0 Å². The van der Waals surface area contributed by atoms with Crippen molar-refractivity contribution in [1.82, 2.24) is 0 Å². The van der Waals surface area contributed by atoms with Gasteiger partial charge < -0.3 is 10.6 Å². The summed E-state index contributed by atoms with van der Waals surface area (Å²) < 4.78 is 13.3. The lowest BCUT2D eigenvalue weighted by Gasteiger charge is -2.40. The van der Waals surface area contributed by atoms with Crippen LogP contribution >= 0.6 is 0 Å². The fraction of sp³-hybridized carbons (Fsp3) is 0.562. The quantitative estimate of drug-likeness (QED) is 0.656. The minimum Gasteiger partial charge on any atom is -0.384 e. The minimum atomic E-state index is -0.350. The first-order chi connectivity index (χ1) is 9.30. The fourth-order valence-corrected chi connectivity index (χ4v) is 3.00. The van der Waals surface area contributed by atoms with Crippen molar-refractivity contribution >= 4 is 11.5 Å². The first-order valence-electron chi connectivity index (χ1n) is 7.17. The average Bonchev–Trinajstić information content (AvgIpc) is 2.37. The van der Waals surface area contributed by atoms with E-state index in [4.69, 9.17) is 11.1 Å². The van der Waals surface area contributed by atoms with Crippen molar-refractivity contribution in [1.29, 1.82) is 5.41 Å². The van der Waals surface area contributed by atoms with Crippen LogP contribution in [-0.4, -0.2) is 18.9 Å². The molecule has 0 unspecified atom stereocenters. The van der Waals surface area contributed by atoms with Crippen LogP contribution in [0.3, 0.4) is 0 Å². The van der Waals surface area contributed by atoms with Gasteiger partial charge in [-0.1, -0.05) is 13.8 Å². The lowest BCUT2D eigenvalue weighted by atomic mass is 9.75. The van der Waals surface area contributed by atoms with E-state index in [1.54, 1.807) is 6.07 Å². The summed E-state index contributed by atoms with van der Waals surface area (Å²) in [5, 5.41) is 7.63. The second-order valence-corrected chi connectivity index (χ2v) is 6.58. The molecular weight excluding hydrogens is 253 g/mol. The number of rotatable bonds is 3. The molecule has 0 saturated heterocycles. The van der Waals surface area contributed by atoms with Gasteiger partial charge in [0.25, 0.3) is 0 Å². The Morgan fingerprint density at radius 2 is 1.95 bits per heavy atom. The lowest BCUT2D eigenvalue weighted by molar-refractivity contribution is 0.222. The third-order valence-electron chi connectivity index (χ3n) is 4.49. The SMILES string of the molecule is CN(c1ccc(F)cc1C(=N)N)C1CCC(C)(C)CC1. The zero-order chi connectivity index (χ0) is 14.9. The van der Waals surface area contributed by atoms with Gasteiger partial charge in [0.2, 0.25) is 0 Å². The summed E-state index contributed by atoms with van der Waals surface area (Å²) in [6, 6.07) is 4.95.